The highest BCUT2D eigenvalue weighted by molar-refractivity contribution is 6.16. The fraction of sp³-hybridized carbons (Fsp3) is 0.750. The minimum absolute atomic E-state index is 0.288. The summed E-state index contributed by atoms with van der Waals surface area (Å²) in [4.78, 5) is 4.04. The molecule has 0 aliphatic carbocycles. The number of nitrogens with zero attached hydrogens (tertiary/aromatic N) is 3. The lowest BCUT2D eigenvalue weighted by Gasteiger charge is -2.12. The molecule has 0 aliphatic heterocycles. The zero-order valence-corrected chi connectivity index (χ0v) is 8.66. The van der Waals surface area contributed by atoms with E-state index < -0.39 is 0 Å². The Bertz CT molecular complexity index is 251. The Labute approximate surface area is 82.9 Å². The van der Waals surface area contributed by atoms with Crippen LogP contribution in [0.25, 0.3) is 0 Å². The zero-order chi connectivity index (χ0) is 9.68. The van der Waals surface area contributed by atoms with Gasteiger partial charge in [0.25, 0.3) is 0 Å². The molecular weight excluding hydrogens is 190 g/mol. The van der Waals surface area contributed by atoms with Crippen LogP contribution in [-0.2, 0) is 10.6 Å². The average molecular weight is 204 g/mol. The SMILES string of the molecule is COCCC(C)n1ncnc1CCl. The lowest BCUT2D eigenvalue weighted by atomic mass is 10.2. The number of halogens is 1. The summed E-state index contributed by atoms with van der Waals surface area (Å²) in [5.74, 6) is 1.21. The van der Waals surface area contributed by atoms with E-state index in [2.05, 4.69) is 17.0 Å². The molecule has 0 amide bonds. The van der Waals surface area contributed by atoms with E-state index in [1.807, 2.05) is 4.68 Å². The average Bonchev–Trinajstić information content (AvgIpc) is 2.61. The summed E-state index contributed by atoms with van der Waals surface area (Å²) in [5, 5.41) is 4.11. The Morgan fingerprint density at radius 3 is 3.08 bits per heavy atom. The second kappa shape index (κ2) is 5.19. The molecule has 74 valence electrons. The first kappa shape index (κ1) is 10.5. The summed E-state index contributed by atoms with van der Waals surface area (Å²) < 4.78 is 6.83. The molecule has 0 spiro atoms. The Hall–Kier alpha value is -0.610. The van der Waals surface area contributed by atoms with Gasteiger partial charge in [0.2, 0.25) is 0 Å². The number of methoxy groups -OCH3 is 1. The molecule has 1 heterocycles. The fourth-order valence-corrected chi connectivity index (χ4v) is 1.34. The van der Waals surface area contributed by atoms with Crippen LogP contribution in [0.3, 0.4) is 0 Å². The smallest absolute Gasteiger partial charge is 0.142 e. The van der Waals surface area contributed by atoms with Gasteiger partial charge in [-0.25, -0.2) is 9.67 Å². The minimum atomic E-state index is 0.288. The standard InChI is InChI=1S/C8H14ClN3O/c1-7(3-4-13-2)12-8(5-9)10-6-11-12/h6-7H,3-5H2,1-2H3. The van der Waals surface area contributed by atoms with Crippen LogP contribution in [0, 0.1) is 0 Å². The predicted molar refractivity (Wildman–Crippen MR) is 50.8 cm³/mol. The molecule has 1 aromatic heterocycles. The maximum absolute atomic E-state index is 5.70. The summed E-state index contributed by atoms with van der Waals surface area (Å²) >= 11 is 5.70. The van der Waals surface area contributed by atoms with Crippen molar-refractivity contribution in [3.05, 3.63) is 12.2 Å². The third-order valence-corrected chi connectivity index (χ3v) is 2.16. The van der Waals surface area contributed by atoms with E-state index in [9.17, 15) is 0 Å². The molecule has 0 saturated heterocycles. The maximum atomic E-state index is 5.70. The number of alkyl halides is 1. The van der Waals surface area contributed by atoms with Gasteiger partial charge in [-0.1, -0.05) is 0 Å². The topological polar surface area (TPSA) is 39.9 Å². The van der Waals surface area contributed by atoms with E-state index in [1.165, 1.54) is 6.33 Å². The molecule has 4 nitrogen and oxygen atoms in total. The Kier molecular flexibility index (Phi) is 4.18. The third kappa shape index (κ3) is 2.67. The van der Waals surface area contributed by atoms with Crippen molar-refractivity contribution in [3.63, 3.8) is 0 Å². The van der Waals surface area contributed by atoms with Crippen molar-refractivity contribution in [2.24, 2.45) is 0 Å². The van der Waals surface area contributed by atoms with Crippen LogP contribution in [0.1, 0.15) is 25.2 Å². The van der Waals surface area contributed by atoms with E-state index in [-0.39, 0.29) is 6.04 Å². The number of hydrogen-bond donors (Lipinski definition) is 0. The molecule has 0 saturated carbocycles. The molecule has 0 radical (unpaired) electrons. The maximum Gasteiger partial charge on any atom is 0.142 e. The molecule has 0 N–H and O–H groups in total. The van der Waals surface area contributed by atoms with Gasteiger partial charge in [0, 0.05) is 13.7 Å². The van der Waals surface area contributed by atoms with E-state index in [0.29, 0.717) is 5.88 Å². The molecule has 0 aromatic carbocycles. The molecule has 0 aliphatic rings. The van der Waals surface area contributed by atoms with Crippen molar-refractivity contribution in [2.45, 2.75) is 25.3 Å². The van der Waals surface area contributed by atoms with Gasteiger partial charge in [0.15, 0.2) is 0 Å². The van der Waals surface area contributed by atoms with Gasteiger partial charge in [0.05, 0.1) is 11.9 Å². The van der Waals surface area contributed by atoms with Crippen LogP contribution < -0.4 is 0 Å². The minimum Gasteiger partial charge on any atom is -0.385 e. The Morgan fingerprint density at radius 1 is 1.69 bits per heavy atom. The van der Waals surface area contributed by atoms with Gasteiger partial charge < -0.3 is 4.74 Å². The van der Waals surface area contributed by atoms with Crippen LogP contribution in [-0.4, -0.2) is 28.5 Å². The summed E-state index contributed by atoms with van der Waals surface area (Å²) in [5.41, 5.74) is 0. The van der Waals surface area contributed by atoms with Gasteiger partial charge in [-0.05, 0) is 13.3 Å². The third-order valence-electron chi connectivity index (χ3n) is 1.92. The molecule has 0 fully saturated rings. The summed E-state index contributed by atoms with van der Waals surface area (Å²) in [7, 11) is 1.69. The zero-order valence-electron chi connectivity index (χ0n) is 7.90. The molecule has 1 atom stereocenters. The van der Waals surface area contributed by atoms with Crippen LogP contribution in [0.2, 0.25) is 0 Å². The lowest BCUT2D eigenvalue weighted by molar-refractivity contribution is 0.178. The molecule has 1 unspecified atom stereocenters. The highest BCUT2D eigenvalue weighted by atomic mass is 35.5. The van der Waals surface area contributed by atoms with Gasteiger partial charge >= 0.3 is 0 Å². The largest absolute Gasteiger partial charge is 0.385 e. The Morgan fingerprint density at radius 2 is 2.46 bits per heavy atom. The summed E-state index contributed by atoms with van der Waals surface area (Å²) in [6.45, 7) is 2.80. The lowest BCUT2D eigenvalue weighted by Crippen LogP contribution is -2.12. The molecule has 1 aromatic rings. The molecule has 1 rings (SSSR count). The van der Waals surface area contributed by atoms with E-state index in [0.717, 1.165) is 18.9 Å². The highest BCUT2D eigenvalue weighted by Crippen LogP contribution is 2.12. The highest BCUT2D eigenvalue weighted by Gasteiger charge is 2.09. The number of rotatable bonds is 5. The van der Waals surface area contributed by atoms with Crippen LogP contribution in [0.15, 0.2) is 6.33 Å². The first-order valence-electron chi connectivity index (χ1n) is 4.23. The Balaban J connectivity index is 2.59. The molecule has 0 bridgehead atoms. The monoisotopic (exact) mass is 203 g/mol. The summed E-state index contributed by atoms with van der Waals surface area (Å²) in [6.07, 6.45) is 2.45. The normalized spacial score (nSPS) is 13.2. The molecular formula is C8H14ClN3O. The van der Waals surface area contributed by atoms with Crippen molar-refractivity contribution in [3.8, 4) is 0 Å². The van der Waals surface area contributed by atoms with Crippen molar-refractivity contribution >= 4 is 11.6 Å². The van der Waals surface area contributed by atoms with Crippen molar-refractivity contribution in [2.75, 3.05) is 13.7 Å². The number of hydrogen-bond acceptors (Lipinski definition) is 3. The van der Waals surface area contributed by atoms with Crippen molar-refractivity contribution < 1.29 is 4.74 Å². The second-order valence-electron chi connectivity index (χ2n) is 2.88. The van der Waals surface area contributed by atoms with E-state index >= 15 is 0 Å². The molecule has 13 heavy (non-hydrogen) atoms. The van der Waals surface area contributed by atoms with Crippen molar-refractivity contribution in [1.82, 2.24) is 14.8 Å². The summed E-state index contributed by atoms with van der Waals surface area (Å²) in [6, 6.07) is 0.288. The van der Waals surface area contributed by atoms with E-state index in [1.54, 1.807) is 7.11 Å². The first-order chi connectivity index (χ1) is 6.29. The first-order valence-corrected chi connectivity index (χ1v) is 4.76. The fourth-order valence-electron chi connectivity index (χ4n) is 1.15. The van der Waals surface area contributed by atoms with Gasteiger partial charge in [0.1, 0.15) is 12.2 Å². The van der Waals surface area contributed by atoms with Crippen LogP contribution in [0.4, 0.5) is 0 Å². The van der Waals surface area contributed by atoms with Gasteiger partial charge in [-0.2, -0.15) is 5.10 Å². The molecule has 5 heteroatoms. The van der Waals surface area contributed by atoms with Gasteiger partial charge in [-0.15, -0.1) is 11.6 Å². The van der Waals surface area contributed by atoms with Crippen molar-refractivity contribution in [1.29, 1.82) is 0 Å². The number of aromatic nitrogens is 3. The number of ether oxygens (including phenoxy) is 1. The second-order valence-corrected chi connectivity index (χ2v) is 3.15. The van der Waals surface area contributed by atoms with Crippen LogP contribution in [0.5, 0.6) is 0 Å². The quantitative estimate of drug-likeness (QED) is 0.683. The van der Waals surface area contributed by atoms with E-state index in [4.69, 9.17) is 16.3 Å². The van der Waals surface area contributed by atoms with Crippen LogP contribution >= 0.6 is 11.6 Å². The van der Waals surface area contributed by atoms with Gasteiger partial charge in [-0.3, -0.25) is 0 Å². The predicted octanol–water partition coefficient (Wildman–Crippen LogP) is 1.61.